The molecule has 0 atom stereocenters. The highest BCUT2D eigenvalue weighted by Gasteiger charge is 1.99. The molecule has 2 rings (SSSR count). The van der Waals surface area contributed by atoms with Gasteiger partial charge in [0, 0.05) is 12.3 Å². The van der Waals surface area contributed by atoms with Crippen LogP contribution >= 0.6 is 0 Å². The van der Waals surface area contributed by atoms with E-state index in [1.807, 2.05) is 6.07 Å². The van der Waals surface area contributed by atoms with Gasteiger partial charge in [-0.05, 0) is 30.3 Å². The van der Waals surface area contributed by atoms with Gasteiger partial charge in [-0.15, -0.1) is 0 Å². The predicted molar refractivity (Wildman–Crippen MR) is 55.4 cm³/mol. The fraction of sp³-hybridized carbons (Fsp3) is 0. The van der Waals surface area contributed by atoms with Crippen molar-refractivity contribution >= 4 is 0 Å². The molecule has 0 saturated carbocycles. The first-order valence-corrected chi connectivity index (χ1v) is 4.57. The van der Waals surface area contributed by atoms with Gasteiger partial charge in [0.15, 0.2) is 0 Å². The highest BCUT2D eigenvalue weighted by atomic mass is 19.1. The minimum atomic E-state index is -0.320. The molecule has 0 bridgehead atoms. The average Bonchev–Trinajstić information content (AvgIpc) is 2.32. The third-order valence-electron chi connectivity index (χ3n) is 1.90. The van der Waals surface area contributed by atoms with E-state index in [1.54, 1.807) is 6.07 Å². The molecule has 78 valence electrons. The molecule has 16 heavy (non-hydrogen) atoms. The largest absolute Gasteiger partial charge is 0.457 e. The zero-order chi connectivity index (χ0) is 11.4. The summed E-state index contributed by atoms with van der Waals surface area (Å²) >= 11 is 0. The van der Waals surface area contributed by atoms with Crippen LogP contribution in [0.25, 0.3) is 0 Å². The number of aromatic nitrogens is 1. The standard InChI is InChI=1S/C12H7FN2O/c13-9-1-3-11(4-2-9)16-12-5-6-15-10(7-12)8-14/h1-7H. The first-order chi connectivity index (χ1) is 7.78. The Morgan fingerprint density at radius 1 is 1.12 bits per heavy atom. The molecule has 0 aliphatic heterocycles. The second-order valence-electron chi connectivity index (χ2n) is 3.04. The van der Waals surface area contributed by atoms with Gasteiger partial charge in [0.2, 0.25) is 0 Å². The van der Waals surface area contributed by atoms with Crippen LogP contribution in [0.5, 0.6) is 11.5 Å². The molecule has 2 aromatic rings. The molecule has 0 aliphatic rings. The van der Waals surface area contributed by atoms with Crippen LogP contribution in [0.1, 0.15) is 5.69 Å². The van der Waals surface area contributed by atoms with Crippen LogP contribution in [0.2, 0.25) is 0 Å². The number of nitriles is 1. The summed E-state index contributed by atoms with van der Waals surface area (Å²) in [5.74, 6) is 0.689. The van der Waals surface area contributed by atoms with E-state index in [0.717, 1.165) is 0 Å². The summed E-state index contributed by atoms with van der Waals surface area (Å²) in [6.45, 7) is 0. The summed E-state index contributed by atoms with van der Waals surface area (Å²) in [5, 5.41) is 8.65. The Labute approximate surface area is 91.7 Å². The third-order valence-corrected chi connectivity index (χ3v) is 1.90. The van der Waals surface area contributed by atoms with E-state index in [9.17, 15) is 4.39 Å². The molecule has 0 fully saturated rings. The second-order valence-corrected chi connectivity index (χ2v) is 3.04. The summed E-state index contributed by atoms with van der Waals surface area (Å²) in [6.07, 6.45) is 1.48. The number of benzene rings is 1. The Morgan fingerprint density at radius 2 is 1.88 bits per heavy atom. The minimum absolute atomic E-state index is 0.277. The van der Waals surface area contributed by atoms with Gasteiger partial charge in [0.05, 0.1) is 0 Å². The van der Waals surface area contributed by atoms with E-state index < -0.39 is 0 Å². The van der Waals surface area contributed by atoms with Crippen molar-refractivity contribution in [3.8, 4) is 17.6 Å². The van der Waals surface area contributed by atoms with E-state index in [0.29, 0.717) is 11.5 Å². The van der Waals surface area contributed by atoms with Gasteiger partial charge in [-0.2, -0.15) is 5.26 Å². The third kappa shape index (κ3) is 2.34. The highest BCUT2D eigenvalue weighted by Crippen LogP contribution is 2.21. The molecule has 0 amide bonds. The van der Waals surface area contributed by atoms with Crippen molar-refractivity contribution in [3.05, 3.63) is 54.1 Å². The lowest BCUT2D eigenvalue weighted by Crippen LogP contribution is -1.87. The first kappa shape index (κ1) is 10.1. The molecule has 0 N–H and O–H groups in total. The SMILES string of the molecule is N#Cc1cc(Oc2ccc(F)cc2)ccn1. The maximum Gasteiger partial charge on any atom is 0.144 e. The van der Waals surface area contributed by atoms with Gasteiger partial charge < -0.3 is 4.74 Å². The van der Waals surface area contributed by atoms with E-state index >= 15 is 0 Å². The molecule has 3 nitrogen and oxygen atoms in total. The zero-order valence-electron chi connectivity index (χ0n) is 8.22. The topological polar surface area (TPSA) is 45.9 Å². The van der Waals surface area contributed by atoms with E-state index in [-0.39, 0.29) is 11.5 Å². The van der Waals surface area contributed by atoms with E-state index in [1.165, 1.54) is 36.5 Å². The Kier molecular flexibility index (Phi) is 2.79. The van der Waals surface area contributed by atoms with Crippen LogP contribution in [-0.4, -0.2) is 4.98 Å². The van der Waals surface area contributed by atoms with Crippen molar-refractivity contribution in [1.29, 1.82) is 5.26 Å². The van der Waals surface area contributed by atoms with Crippen molar-refractivity contribution in [2.75, 3.05) is 0 Å². The van der Waals surface area contributed by atoms with Gasteiger partial charge in [0.1, 0.15) is 29.1 Å². The van der Waals surface area contributed by atoms with Gasteiger partial charge >= 0.3 is 0 Å². The molecule has 0 unspecified atom stereocenters. The van der Waals surface area contributed by atoms with Crippen LogP contribution in [-0.2, 0) is 0 Å². The summed E-state index contributed by atoms with van der Waals surface area (Å²) in [5.41, 5.74) is 0.277. The predicted octanol–water partition coefficient (Wildman–Crippen LogP) is 2.88. The summed E-state index contributed by atoms with van der Waals surface area (Å²) in [7, 11) is 0. The lowest BCUT2D eigenvalue weighted by atomic mass is 10.3. The van der Waals surface area contributed by atoms with Crippen LogP contribution in [0.3, 0.4) is 0 Å². The molecule has 0 aliphatic carbocycles. The molecule has 0 radical (unpaired) electrons. The summed E-state index contributed by atoms with van der Waals surface area (Å²) < 4.78 is 18.1. The quantitative estimate of drug-likeness (QED) is 0.772. The fourth-order valence-corrected chi connectivity index (χ4v) is 1.17. The van der Waals surface area contributed by atoms with Crippen molar-refractivity contribution in [3.63, 3.8) is 0 Å². The molecular weight excluding hydrogens is 207 g/mol. The van der Waals surface area contributed by atoms with E-state index in [2.05, 4.69) is 4.98 Å². The molecule has 1 heterocycles. The smallest absolute Gasteiger partial charge is 0.144 e. The first-order valence-electron chi connectivity index (χ1n) is 4.57. The minimum Gasteiger partial charge on any atom is -0.457 e. The van der Waals surface area contributed by atoms with Crippen molar-refractivity contribution in [1.82, 2.24) is 4.98 Å². The van der Waals surface area contributed by atoms with E-state index in [4.69, 9.17) is 10.00 Å². The number of rotatable bonds is 2. The zero-order valence-corrected chi connectivity index (χ0v) is 8.22. The van der Waals surface area contributed by atoms with Crippen molar-refractivity contribution in [2.45, 2.75) is 0 Å². The lowest BCUT2D eigenvalue weighted by molar-refractivity contribution is 0.479. The average molecular weight is 214 g/mol. The van der Waals surface area contributed by atoms with Crippen molar-refractivity contribution in [2.24, 2.45) is 0 Å². The molecule has 0 saturated heterocycles. The fourth-order valence-electron chi connectivity index (χ4n) is 1.17. The molecule has 0 spiro atoms. The molecular formula is C12H7FN2O. The molecule has 4 heteroatoms. The van der Waals surface area contributed by atoms with Crippen LogP contribution < -0.4 is 4.74 Å². The molecule has 1 aromatic carbocycles. The number of nitrogens with zero attached hydrogens (tertiary/aromatic N) is 2. The Morgan fingerprint density at radius 3 is 2.56 bits per heavy atom. The number of halogens is 1. The number of hydrogen-bond donors (Lipinski definition) is 0. The van der Waals surface area contributed by atoms with Gasteiger partial charge in [-0.25, -0.2) is 9.37 Å². The normalized spacial score (nSPS) is 9.50. The maximum absolute atomic E-state index is 12.6. The summed E-state index contributed by atoms with van der Waals surface area (Å²) in [6, 6.07) is 10.7. The van der Waals surface area contributed by atoms with Crippen LogP contribution in [0.4, 0.5) is 4.39 Å². The Bertz CT molecular complexity index is 531. The second kappa shape index (κ2) is 4.41. The number of hydrogen-bond acceptors (Lipinski definition) is 3. The number of ether oxygens (including phenoxy) is 1. The maximum atomic E-state index is 12.6. The van der Waals surface area contributed by atoms with Crippen LogP contribution in [0, 0.1) is 17.1 Å². The van der Waals surface area contributed by atoms with Gasteiger partial charge in [0.25, 0.3) is 0 Å². The highest BCUT2D eigenvalue weighted by molar-refractivity contribution is 5.34. The van der Waals surface area contributed by atoms with Crippen molar-refractivity contribution < 1.29 is 9.13 Å². The monoisotopic (exact) mass is 214 g/mol. The summed E-state index contributed by atoms with van der Waals surface area (Å²) in [4.78, 5) is 3.81. The molecule has 1 aromatic heterocycles. The van der Waals surface area contributed by atoms with Gasteiger partial charge in [-0.1, -0.05) is 0 Å². The Hall–Kier alpha value is -2.41. The number of pyridine rings is 1. The lowest BCUT2D eigenvalue weighted by Gasteiger charge is -2.04. The van der Waals surface area contributed by atoms with Gasteiger partial charge in [-0.3, -0.25) is 0 Å². The Balaban J connectivity index is 2.21. The van der Waals surface area contributed by atoms with Crippen LogP contribution in [0.15, 0.2) is 42.6 Å².